The van der Waals surface area contributed by atoms with Crippen molar-refractivity contribution in [3.05, 3.63) is 95.9 Å². The zero-order valence-corrected chi connectivity index (χ0v) is 20.5. The second-order valence-electron chi connectivity index (χ2n) is 9.53. The SMILES string of the molecule is C=C\C=C/C=C(C)\C(=C/C(=C)C)C(CC)CC1(C)CN(C(=C)c2cc(N)c(C)cc2F)C1. The molecule has 1 atom stereocenters. The number of nitrogens with zero attached hydrogens (tertiary/aromatic N) is 1. The maximum absolute atomic E-state index is 14.5. The summed E-state index contributed by atoms with van der Waals surface area (Å²) >= 11 is 0. The lowest BCUT2D eigenvalue weighted by Gasteiger charge is -2.52. The first kappa shape index (κ1) is 25.5. The molecule has 1 fully saturated rings. The van der Waals surface area contributed by atoms with Crippen molar-refractivity contribution in [1.29, 1.82) is 0 Å². The number of hydrogen-bond acceptors (Lipinski definition) is 2. The van der Waals surface area contributed by atoms with Crippen LogP contribution in [-0.2, 0) is 0 Å². The zero-order chi connectivity index (χ0) is 24.1. The molecular weight excluding hydrogens is 395 g/mol. The van der Waals surface area contributed by atoms with Gasteiger partial charge in [0.2, 0.25) is 0 Å². The van der Waals surface area contributed by atoms with E-state index in [0.29, 0.717) is 22.9 Å². The highest BCUT2D eigenvalue weighted by Crippen LogP contribution is 2.44. The van der Waals surface area contributed by atoms with Gasteiger partial charge < -0.3 is 10.6 Å². The summed E-state index contributed by atoms with van der Waals surface area (Å²) in [4.78, 5) is 2.16. The van der Waals surface area contributed by atoms with Crippen molar-refractivity contribution in [2.45, 2.75) is 47.5 Å². The van der Waals surface area contributed by atoms with Gasteiger partial charge in [0.25, 0.3) is 0 Å². The molecule has 3 heteroatoms. The van der Waals surface area contributed by atoms with Crippen LogP contribution in [-0.4, -0.2) is 18.0 Å². The number of nitrogen functional groups attached to an aromatic ring is 1. The Morgan fingerprint density at radius 2 is 1.91 bits per heavy atom. The van der Waals surface area contributed by atoms with Gasteiger partial charge in [0.1, 0.15) is 5.82 Å². The molecule has 0 spiro atoms. The fraction of sp³-hybridized carbons (Fsp3) is 0.379. The second-order valence-corrected chi connectivity index (χ2v) is 9.53. The van der Waals surface area contributed by atoms with Crippen molar-refractivity contribution in [2.75, 3.05) is 18.8 Å². The molecule has 172 valence electrons. The highest BCUT2D eigenvalue weighted by molar-refractivity contribution is 5.68. The van der Waals surface area contributed by atoms with E-state index in [1.807, 2.05) is 26.0 Å². The molecule has 1 saturated heterocycles. The van der Waals surface area contributed by atoms with Gasteiger partial charge in [0, 0.05) is 35.5 Å². The minimum Gasteiger partial charge on any atom is -0.398 e. The Morgan fingerprint density at radius 1 is 1.25 bits per heavy atom. The summed E-state index contributed by atoms with van der Waals surface area (Å²) in [5, 5.41) is 0. The molecule has 2 N–H and O–H groups in total. The third-order valence-electron chi connectivity index (χ3n) is 6.32. The fourth-order valence-electron chi connectivity index (χ4n) is 4.54. The molecular formula is C29H39FN2. The average molecular weight is 435 g/mol. The maximum Gasteiger partial charge on any atom is 0.132 e. The number of benzene rings is 1. The molecule has 1 aliphatic heterocycles. The minimum absolute atomic E-state index is 0.141. The summed E-state index contributed by atoms with van der Waals surface area (Å²) < 4.78 is 14.5. The molecule has 1 aliphatic rings. The molecule has 1 heterocycles. The summed E-state index contributed by atoms with van der Waals surface area (Å²) in [5.74, 6) is 0.161. The lowest BCUT2D eigenvalue weighted by molar-refractivity contribution is 0.0471. The van der Waals surface area contributed by atoms with Gasteiger partial charge in [-0.25, -0.2) is 4.39 Å². The zero-order valence-electron chi connectivity index (χ0n) is 20.5. The van der Waals surface area contributed by atoms with Gasteiger partial charge in [-0.2, -0.15) is 0 Å². The van der Waals surface area contributed by atoms with E-state index in [4.69, 9.17) is 5.73 Å². The van der Waals surface area contributed by atoms with Crippen LogP contribution < -0.4 is 5.73 Å². The minimum atomic E-state index is -0.262. The van der Waals surface area contributed by atoms with E-state index in [9.17, 15) is 4.39 Å². The molecule has 2 nitrogen and oxygen atoms in total. The molecule has 2 rings (SSSR count). The molecule has 1 unspecified atom stereocenters. The number of likely N-dealkylation sites (tertiary alicyclic amines) is 1. The van der Waals surface area contributed by atoms with E-state index in [1.165, 1.54) is 17.2 Å². The van der Waals surface area contributed by atoms with Crippen LogP contribution in [0.1, 0.15) is 51.7 Å². The van der Waals surface area contributed by atoms with Crippen molar-refractivity contribution >= 4 is 11.4 Å². The quantitative estimate of drug-likeness (QED) is 0.303. The topological polar surface area (TPSA) is 29.3 Å². The molecule has 1 aromatic rings. The Kier molecular flexibility index (Phi) is 8.49. The number of hydrogen-bond donors (Lipinski definition) is 1. The number of anilines is 1. The van der Waals surface area contributed by atoms with Crippen LogP contribution in [0.2, 0.25) is 0 Å². The van der Waals surface area contributed by atoms with E-state index < -0.39 is 0 Å². The molecule has 1 aromatic carbocycles. The molecule has 32 heavy (non-hydrogen) atoms. The molecule has 0 saturated carbocycles. The van der Waals surface area contributed by atoms with Crippen LogP contribution in [0.5, 0.6) is 0 Å². The van der Waals surface area contributed by atoms with Gasteiger partial charge in [0.15, 0.2) is 0 Å². The van der Waals surface area contributed by atoms with Gasteiger partial charge in [-0.05, 0) is 68.4 Å². The second kappa shape index (κ2) is 10.7. The number of halogens is 1. The number of aryl methyl sites for hydroxylation is 1. The number of allylic oxidation sites excluding steroid dienone is 8. The highest BCUT2D eigenvalue weighted by atomic mass is 19.1. The molecule has 0 amide bonds. The Labute approximate surface area is 194 Å². The van der Waals surface area contributed by atoms with E-state index in [-0.39, 0.29) is 11.2 Å². The smallest absolute Gasteiger partial charge is 0.132 e. The molecule has 0 bridgehead atoms. The van der Waals surface area contributed by atoms with Crippen LogP contribution in [0.15, 0.2) is 79.0 Å². The molecule has 0 aliphatic carbocycles. The van der Waals surface area contributed by atoms with E-state index in [1.54, 1.807) is 12.1 Å². The molecule has 0 aromatic heterocycles. The van der Waals surface area contributed by atoms with Crippen molar-refractivity contribution < 1.29 is 4.39 Å². The number of rotatable bonds is 10. The van der Waals surface area contributed by atoms with Crippen molar-refractivity contribution in [2.24, 2.45) is 11.3 Å². The van der Waals surface area contributed by atoms with E-state index in [2.05, 4.69) is 57.6 Å². The Hall–Kier alpha value is -2.81. The van der Waals surface area contributed by atoms with Crippen molar-refractivity contribution in [3.63, 3.8) is 0 Å². The van der Waals surface area contributed by atoms with Crippen LogP contribution in [0, 0.1) is 24.1 Å². The van der Waals surface area contributed by atoms with Gasteiger partial charge in [0.05, 0.1) is 0 Å². The standard InChI is InChI=1S/C29H39FN2/c1-9-11-12-13-21(5)25(14-20(3)4)24(10-2)17-29(8)18-32(19-29)23(7)26-16-28(31)22(6)15-27(26)30/h9,11-16,24H,1,3,7,10,17-19,31H2,2,4-6,8H3/b12-11-,21-13-,25-14+. The maximum atomic E-state index is 14.5. The normalized spacial score (nSPS) is 17.2. The Bertz CT molecular complexity index is 971. The lowest BCUT2D eigenvalue weighted by atomic mass is 9.70. The number of nitrogens with two attached hydrogens (primary N) is 1. The summed E-state index contributed by atoms with van der Waals surface area (Å²) in [6.07, 6.45) is 12.2. The van der Waals surface area contributed by atoms with E-state index >= 15 is 0 Å². The summed E-state index contributed by atoms with van der Waals surface area (Å²) in [7, 11) is 0. The fourth-order valence-corrected chi connectivity index (χ4v) is 4.54. The van der Waals surface area contributed by atoms with E-state index in [0.717, 1.165) is 37.1 Å². The third-order valence-corrected chi connectivity index (χ3v) is 6.32. The monoisotopic (exact) mass is 434 g/mol. The Balaban J connectivity index is 2.17. The first-order valence-corrected chi connectivity index (χ1v) is 11.3. The van der Waals surface area contributed by atoms with Gasteiger partial charge >= 0.3 is 0 Å². The highest BCUT2D eigenvalue weighted by Gasteiger charge is 2.41. The van der Waals surface area contributed by atoms with Crippen LogP contribution in [0.3, 0.4) is 0 Å². The Morgan fingerprint density at radius 3 is 2.47 bits per heavy atom. The van der Waals surface area contributed by atoms with Gasteiger partial charge in [-0.3, -0.25) is 0 Å². The lowest BCUT2D eigenvalue weighted by Crippen LogP contribution is -2.54. The molecule has 0 radical (unpaired) electrons. The van der Waals surface area contributed by atoms with Crippen molar-refractivity contribution in [1.82, 2.24) is 4.90 Å². The van der Waals surface area contributed by atoms with Crippen LogP contribution in [0.4, 0.5) is 10.1 Å². The third kappa shape index (κ3) is 6.12. The predicted molar refractivity (Wildman–Crippen MR) is 139 cm³/mol. The summed E-state index contributed by atoms with van der Waals surface area (Å²) in [5.41, 5.74) is 12.4. The summed E-state index contributed by atoms with van der Waals surface area (Å²) in [6, 6.07) is 3.20. The van der Waals surface area contributed by atoms with Crippen molar-refractivity contribution in [3.8, 4) is 0 Å². The first-order valence-electron chi connectivity index (χ1n) is 11.3. The van der Waals surface area contributed by atoms with Gasteiger partial charge in [-0.1, -0.05) is 69.5 Å². The largest absolute Gasteiger partial charge is 0.398 e. The van der Waals surface area contributed by atoms with Crippen LogP contribution in [0.25, 0.3) is 5.70 Å². The first-order chi connectivity index (χ1) is 15.0. The van der Waals surface area contributed by atoms with Crippen LogP contribution >= 0.6 is 0 Å². The average Bonchev–Trinajstić information content (AvgIpc) is 2.70. The predicted octanol–water partition coefficient (Wildman–Crippen LogP) is 7.62. The summed E-state index contributed by atoms with van der Waals surface area (Å²) in [6.45, 7) is 24.3. The van der Waals surface area contributed by atoms with Gasteiger partial charge in [-0.15, -0.1) is 0 Å².